The van der Waals surface area contributed by atoms with Crippen molar-refractivity contribution in [3.8, 4) is 0 Å². The van der Waals surface area contributed by atoms with E-state index in [4.69, 9.17) is 71.1 Å². The third-order valence-corrected chi connectivity index (χ3v) is 21.4. The monoisotopic (exact) mass is 1560 g/mol. The summed E-state index contributed by atoms with van der Waals surface area (Å²) in [4.78, 5) is 61.5. The SMILES string of the molecule is CC1C(COC(=O)c2ccccc2)OC(O[C@@H]2C(OC(=O)c3ccccc3)[C@H](OC3C(C)C(COC(=O)c4ccccc4)OC(O[C@@H]4C(OC(=O)c5ccccc5)C(OC(=Nc5ccccc5)C(F)(F)F)OC(COCc5ccccc5)[C@@H]4C)C3C)OC(COCc3ccccc3)[C@@H]2C)C(C)C1OCc1ccc2ccccc2c1. The zero-order valence-corrected chi connectivity index (χ0v) is 64.1. The molecule has 13 rings (SSSR count). The first-order valence-corrected chi connectivity index (χ1v) is 38.5. The van der Waals surface area contributed by atoms with Crippen LogP contribution >= 0.6 is 0 Å². The molecule has 0 bridgehead atoms. The topological polar surface area (TPSA) is 219 Å². The van der Waals surface area contributed by atoms with Gasteiger partial charge in [-0.05, 0) is 94.2 Å². The number of ether oxygens (including phenoxy) is 15. The number of esters is 4. The summed E-state index contributed by atoms with van der Waals surface area (Å²) in [5.74, 6) is -9.06. The van der Waals surface area contributed by atoms with Gasteiger partial charge in [0.05, 0.1) is 97.6 Å². The average Bonchev–Trinajstić information content (AvgIpc) is 0.733. The van der Waals surface area contributed by atoms with Gasteiger partial charge in [0.2, 0.25) is 6.29 Å². The lowest BCUT2D eigenvalue weighted by molar-refractivity contribution is -0.370. The van der Waals surface area contributed by atoms with Crippen LogP contribution in [0, 0.1) is 35.5 Å². The number of benzene rings is 9. The Morgan fingerprint density at radius 3 is 1.16 bits per heavy atom. The number of aliphatic imine (C=N–C) groups is 1. The molecule has 0 spiro atoms. The summed E-state index contributed by atoms with van der Waals surface area (Å²) in [7, 11) is 0. The van der Waals surface area contributed by atoms with Crippen LogP contribution < -0.4 is 0 Å². The van der Waals surface area contributed by atoms with Gasteiger partial charge in [0.25, 0.3) is 5.90 Å². The first-order valence-electron chi connectivity index (χ1n) is 38.5. The Kier molecular flexibility index (Phi) is 28.0. The Bertz CT molecular complexity index is 4580. The molecule has 20 atom stereocenters. The maximum absolute atomic E-state index is 15.6. The molecule has 598 valence electrons. The molecule has 0 aliphatic carbocycles. The number of rotatable bonds is 29. The van der Waals surface area contributed by atoms with Crippen LogP contribution in [0.2, 0.25) is 0 Å². The Morgan fingerprint density at radius 1 is 0.333 bits per heavy atom. The van der Waals surface area contributed by atoms with Gasteiger partial charge in [-0.2, -0.15) is 13.2 Å². The first-order chi connectivity index (χ1) is 55.3. The van der Waals surface area contributed by atoms with E-state index in [-0.39, 0.29) is 62.0 Å². The molecule has 9 aromatic rings. The van der Waals surface area contributed by atoms with Gasteiger partial charge in [0.15, 0.2) is 31.1 Å². The van der Waals surface area contributed by atoms with Crippen molar-refractivity contribution in [2.45, 2.75) is 154 Å². The first kappa shape index (κ1) is 82.0. The number of alkyl halides is 3. The molecule has 0 radical (unpaired) electrons. The van der Waals surface area contributed by atoms with Crippen molar-refractivity contribution in [2.24, 2.45) is 40.5 Å². The molecule has 0 saturated carbocycles. The molecule has 4 aliphatic rings. The molecule has 4 fully saturated rings. The van der Waals surface area contributed by atoms with Gasteiger partial charge in [-0.25, -0.2) is 24.2 Å². The van der Waals surface area contributed by atoms with Crippen LogP contribution in [0.15, 0.2) is 260 Å². The molecule has 9 aromatic carbocycles. The van der Waals surface area contributed by atoms with Crippen molar-refractivity contribution in [3.05, 3.63) is 294 Å². The average molecular weight is 1560 g/mol. The van der Waals surface area contributed by atoms with Crippen LogP contribution in [0.4, 0.5) is 18.9 Å². The van der Waals surface area contributed by atoms with E-state index in [2.05, 4.69) is 11.1 Å². The normalized spacial score (nSPS) is 27.9. The Morgan fingerprint density at radius 2 is 0.693 bits per heavy atom. The maximum Gasteiger partial charge on any atom is 0.468 e. The lowest BCUT2D eigenvalue weighted by atomic mass is 9.84. The van der Waals surface area contributed by atoms with Crippen LogP contribution in [0.1, 0.15) is 99.7 Å². The van der Waals surface area contributed by atoms with Gasteiger partial charge < -0.3 is 71.1 Å². The third kappa shape index (κ3) is 20.9. The van der Waals surface area contributed by atoms with E-state index < -0.39 is 164 Å². The number of nitrogens with zero attached hydrogens (tertiary/aromatic N) is 1. The number of hydrogen-bond donors (Lipinski definition) is 0. The van der Waals surface area contributed by atoms with E-state index in [9.17, 15) is 14.4 Å². The summed E-state index contributed by atoms with van der Waals surface area (Å²) in [6.45, 7) is 10.7. The number of fused-ring (bicyclic) bond motifs is 1. The minimum absolute atomic E-state index is 0.0403. The van der Waals surface area contributed by atoms with Gasteiger partial charge in [-0.3, -0.25) is 0 Å². The summed E-state index contributed by atoms with van der Waals surface area (Å²) in [5, 5.41) is 2.10. The van der Waals surface area contributed by atoms with E-state index >= 15 is 18.0 Å². The molecule has 15 unspecified atom stereocenters. The largest absolute Gasteiger partial charge is 0.468 e. The third-order valence-electron chi connectivity index (χ3n) is 21.4. The van der Waals surface area contributed by atoms with Gasteiger partial charge >= 0.3 is 30.1 Å². The number of carbonyl (C=O) groups is 4. The zero-order valence-electron chi connectivity index (χ0n) is 64.1. The fraction of sp³-hybridized carbons (Fsp3) is 0.374. The summed E-state index contributed by atoms with van der Waals surface area (Å²) < 4.78 is 148. The molecule has 20 nitrogen and oxygen atoms in total. The molecule has 114 heavy (non-hydrogen) atoms. The van der Waals surface area contributed by atoms with Crippen molar-refractivity contribution in [1.82, 2.24) is 0 Å². The molecular weight excluding hydrogens is 1470 g/mol. The zero-order chi connectivity index (χ0) is 79.7. The van der Waals surface area contributed by atoms with Crippen molar-refractivity contribution < 1.29 is 103 Å². The van der Waals surface area contributed by atoms with Crippen LogP contribution in [-0.2, 0) is 90.9 Å². The Labute approximate surface area is 660 Å². The highest BCUT2D eigenvalue weighted by Gasteiger charge is 2.57. The van der Waals surface area contributed by atoms with Crippen LogP contribution in [0.25, 0.3) is 10.8 Å². The minimum atomic E-state index is -5.24. The van der Waals surface area contributed by atoms with Crippen LogP contribution in [-0.4, -0.2) is 149 Å². The molecular formula is C91H94F3NO19. The fourth-order valence-electron chi connectivity index (χ4n) is 14.9. The second-order valence-electron chi connectivity index (χ2n) is 29.4. The van der Waals surface area contributed by atoms with E-state index in [1.165, 1.54) is 36.4 Å². The summed E-state index contributed by atoms with van der Waals surface area (Å²) in [6.07, 6.45) is -23.2. The second-order valence-corrected chi connectivity index (χ2v) is 29.4. The molecule has 0 N–H and O–H groups in total. The Hall–Kier alpha value is -10.0. The van der Waals surface area contributed by atoms with E-state index in [1.807, 2.05) is 125 Å². The van der Waals surface area contributed by atoms with Crippen molar-refractivity contribution in [2.75, 3.05) is 26.4 Å². The summed E-state index contributed by atoms with van der Waals surface area (Å²) in [6, 6.07) is 73.6. The molecule has 4 heterocycles. The predicted molar refractivity (Wildman–Crippen MR) is 414 cm³/mol. The highest BCUT2D eigenvalue weighted by molar-refractivity contribution is 5.91. The number of para-hydroxylation sites is 1. The molecule has 0 aromatic heterocycles. The molecule has 0 amide bonds. The molecule has 23 heteroatoms. The number of hydrogen-bond acceptors (Lipinski definition) is 20. The van der Waals surface area contributed by atoms with Gasteiger partial charge in [0, 0.05) is 35.5 Å². The van der Waals surface area contributed by atoms with Crippen molar-refractivity contribution in [3.63, 3.8) is 0 Å². The highest BCUT2D eigenvalue weighted by Crippen LogP contribution is 2.44. The van der Waals surface area contributed by atoms with Gasteiger partial charge in [-0.1, -0.05) is 230 Å². The fourth-order valence-corrected chi connectivity index (χ4v) is 14.9. The smallest absolute Gasteiger partial charge is 0.459 e. The van der Waals surface area contributed by atoms with Crippen molar-refractivity contribution in [1.29, 1.82) is 0 Å². The molecule has 4 aliphatic heterocycles. The summed E-state index contributed by atoms with van der Waals surface area (Å²) >= 11 is 0. The van der Waals surface area contributed by atoms with Crippen LogP contribution in [0.5, 0.6) is 0 Å². The van der Waals surface area contributed by atoms with E-state index in [0.29, 0.717) is 5.56 Å². The number of halogens is 3. The highest BCUT2D eigenvalue weighted by atomic mass is 19.4. The van der Waals surface area contributed by atoms with Crippen molar-refractivity contribution >= 4 is 46.2 Å². The lowest BCUT2D eigenvalue weighted by Gasteiger charge is -2.52. The minimum Gasteiger partial charge on any atom is -0.459 e. The maximum atomic E-state index is 15.6. The quantitative estimate of drug-likeness (QED) is 0.0184. The summed E-state index contributed by atoms with van der Waals surface area (Å²) in [5.41, 5.74) is 3.28. The lowest BCUT2D eigenvalue weighted by Crippen LogP contribution is -2.64. The van der Waals surface area contributed by atoms with Gasteiger partial charge in [-0.15, -0.1) is 0 Å². The van der Waals surface area contributed by atoms with E-state index in [0.717, 1.165) is 27.5 Å². The van der Waals surface area contributed by atoms with E-state index in [1.54, 1.807) is 129 Å². The second kappa shape index (κ2) is 38.9. The standard InChI is InChI=1S/C91H94F3NO19/c1-56-74(54-103-82(96)66-35-18-9-19-36-66)105-86(60(5)76(56)102-51-64-46-47-65-34-28-29-43-70(65)48-64)112-78-58(3)72(52-100-49-62-30-14-7-15-31-62)107-88(80(78)109-84(98)68-39-22-11-23-40-68)111-77-57(2)75(55-104-83(97)67-37-20-10-21-38-67)106-87(61(77)6)113-79-59(4)73(53-101-50-63-32-16-8-17-33-63)108-89(81(79)110-85(99)69-41-24-12-25-42-69)114-90(91(92,93)94)95-71-44-26-13-27-45-71/h7-48,56-61,72-81,86-89H,49-55H2,1-6H3/t56?,57?,58-,59-,60?,61?,72?,73?,74?,75?,76?,77?,78-,79-,80?,81?,86?,87?,88-,89?/m0/s1. The Balaban J connectivity index is 0.884. The van der Waals surface area contributed by atoms with Gasteiger partial charge in [0.1, 0.15) is 25.4 Å². The number of carbonyl (C=O) groups excluding carboxylic acids is 4. The predicted octanol–water partition coefficient (Wildman–Crippen LogP) is 16.5. The molecule has 4 saturated heterocycles. The van der Waals surface area contributed by atoms with Crippen LogP contribution in [0.3, 0.4) is 0 Å².